The molecule has 1 saturated carbocycles. The number of rotatable bonds is 0. The Morgan fingerprint density at radius 1 is 0.438 bits per heavy atom. The van der Waals surface area contributed by atoms with Crippen LogP contribution < -0.4 is 0 Å². The Hall–Kier alpha value is 0. The van der Waals surface area contributed by atoms with Crippen molar-refractivity contribution in [1.82, 2.24) is 0 Å². The van der Waals surface area contributed by atoms with Crippen LogP contribution in [0.1, 0.15) is 96.8 Å². The van der Waals surface area contributed by atoms with Gasteiger partial charge in [0.15, 0.2) is 0 Å². The van der Waals surface area contributed by atoms with Crippen molar-refractivity contribution in [3.05, 3.63) is 0 Å². The Morgan fingerprint density at radius 2 is 0.688 bits per heavy atom. The second kappa shape index (κ2) is 10.2. The molecule has 0 heterocycles. The standard InChI is InChI=1S/C16H32/c1-16-14-12-10-8-6-4-2-3-5-7-9-11-13-15-16/h16H,2-15H2,1H3. The minimum absolute atomic E-state index is 0.991. The van der Waals surface area contributed by atoms with Crippen molar-refractivity contribution in [3.8, 4) is 0 Å². The van der Waals surface area contributed by atoms with Crippen LogP contribution in [-0.4, -0.2) is 0 Å². The first-order chi connectivity index (χ1) is 7.89. The predicted octanol–water partition coefficient (Wildman–Crippen LogP) is 6.10. The lowest BCUT2D eigenvalue weighted by Gasteiger charge is -2.10. The average Bonchev–Trinajstić information content (AvgIpc) is 2.29. The molecule has 1 aliphatic carbocycles. The molecule has 0 aromatic rings. The van der Waals surface area contributed by atoms with E-state index in [1.807, 2.05) is 0 Å². The maximum Gasteiger partial charge on any atom is -0.0443 e. The Morgan fingerprint density at radius 3 is 1.00 bits per heavy atom. The van der Waals surface area contributed by atoms with E-state index in [2.05, 4.69) is 6.92 Å². The Balaban J connectivity index is 2.10. The molecule has 16 heavy (non-hydrogen) atoms. The van der Waals surface area contributed by atoms with Crippen molar-refractivity contribution in [2.75, 3.05) is 0 Å². The molecule has 0 radical (unpaired) electrons. The Kier molecular flexibility index (Phi) is 8.94. The van der Waals surface area contributed by atoms with E-state index in [4.69, 9.17) is 0 Å². The van der Waals surface area contributed by atoms with Crippen molar-refractivity contribution in [1.29, 1.82) is 0 Å². The van der Waals surface area contributed by atoms with E-state index in [0.717, 1.165) is 5.92 Å². The summed E-state index contributed by atoms with van der Waals surface area (Å²) in [5, 5.41) is 0. The molecular formula is C16H32. The van der Waals surface area contributed by atoms with Gasteiger partial charge in [-0.2, -0.15) is 0 Å². The summed E-state index contributed by atoms with van der Waals surface area (Å²) in [6, 6.07) is 0. The summed E-state index contributed by atoms with van der Waals surface area (Å²) in [7, 11) is 0. The first-order valence-electron chi connectivity index (χ1n) is 7.89. The van der Waals surface area contributed by atoms with Gasteiger partial charge in [0.2, 0.25) is 0 Å². The second-order valence-corrected chi connectivity index (χ2v) is 5.93. The molecule has 0 bridgehead atoms. The molecule has 0 aliphatic heterocycles. The molecule has 0 spiro atoms. The van der Waals surface area contributed by atoms with Crippen LogP contribution in [0.2, 0.25) is 0 Å². The fourth-order valence-corrected chi connectivity index (χ4v) is 2.90. The molecule has 1 rings (SSSR count). The molecular weight excluding hydrogens is 192 g/mol. The molecule has 96 valence electrons. The van der Waals surface area contributed by atoms with Gasteiger partial charge in [0.05, 0.1) is 0 Å². The third-order valence-corrected chi connectivity index (χ3v) is 4.14. The summed E-state index contributed by atoms with van der Waals surface area (Å²) in [4.78, 5) is 0. The maximum absolute atomic E-state index is 2.46. The fourth-order valence-electron chi connectivity index (χ4n) is 2.90. The van der Waals surface area contributed by atoms with Crippen molar-refractivity contribution in [2.24, 2.45) is 5.92 Å². The first-order valence-corrected chi connectivity index (χ1v) is 7.89. The van der Waals surface area contributed by atoms with Gasteiger partial charge >= 0.3 is 0 Å². The summed E-state index contributed by atoms with van der Waals surface area (Å²) < 4.78 is 0. The summed E-state index contributed by atoms with van der Waals surface area (Å²) >= 11 is 0. The lowest BCUT2D eigenvalue weighted by molar-refractivity contribution is 0.434. The van der Waals surface area contributed by atoms with Gasteiger partial charge in [0, 0.05) is 0 Å². The van der Waals surface area contributed by atoms with Gasteiger partial charge in [-0.3, -0.25) is 0 Å². The minimum Gasteiger partial charge on any atom is -0.0625 e. The zero-order valence-electron chi connectivity index (χ0n) is 11.5. The highest BCUT2D eigenvalue weighted by Gasteiger charge is 2.02. The van der Waals surface area contributed by atoms with Crippen molar-refractivity contribution < 1.29 is 0 Å². The van der Waals surface area contributed by atoms with Gasteiger partial charge in [-0.15, -0.1) is 0 Å². The number of hydrogen-bond donors (Lipinski definition) is 0. The first kappa shape index (κ1) is 14.1. The molecule has 0 atom stereocenters. The molecule has 0 amide bonds. The smallest absolute Gasteiger partial charge is 0.0443 e. The molecule has 0 aromatic heterocycles. The molecule has 0 saturated heterocycles. The maximum atomic E-state index is 2.46. The van der Waals surface area contributed by atoms with Gasteiger partial charge in [-0.25, -0.2) is 0 Å². The van der Waals surface area contributed by atoms with Crippen molar-refractivity contribution in [2.45, 2.75) is 96.8 Å². The lowest BCUT2D eigenvalue weighted by Crippen LogP contribution is -1.95. The molecule has 0 aromatic carbocycles. The largest absolute Gasteiger partial charge is 0.0625 e. The summed E-state index contributed by atoms with van der Waals surface area (Å²) in [6.45, 7) is 2.46. The van der Waals surface area contributed by atoms with Crippen LogP contribution in [0.15, 0.2) is 0 Å². The van der Waals surface area contributed by atoms with E-state index in [9.17, 15) is 0 Å². The SMILES string of the molecule is CC1CCCCCCCCCCCCCC1. The molecule has 0 unspecified atom stereocenters. The van der Waals surface area contributed by atoms with Crippen LogP contribution in [0.4, 0.5) is 0 Å². The summed E-state index contributed by atoms with van der Waals surface area (Å²) in [5.41, 5.74) is 0. The normalized spacial score (nSPS) is 24.6. The van der Waals surface area contributed by atoms with Gasteiger partial charge in [0.25, 0.3) is 0 Å². The Labute approximate surface area is 103 Å². The van der Waals surface area contributed by atoms with Gasteiger partial charge in [0.1, 0.15) is 0 Å². The van der Waals surface area contributed by atoms with E-state index in [0.29, 0.717) is 0 Å². The van der Waals surface area contributed by atoms with Crippen LogP contribution in [0.25, 0.3) is 0 Å². The van der Waals surface area contributed by atoms with E-state index >= 15 is 0 Å². The number of hydrogen-bond acceptors (Lipinski definition) is 0. The van der Waals surface area contributed by atoms with Gasteiger partial charge < -0.3 is 0 Å². The predicted molar refractivity (Wildman–Crippen MR) is 73.8 cm³/mol. The van der Waals surface area contributed by atoms with E-state index in [1.54, 1.807) is 0 Å². The van der Waals surface area contributed by atoms with Crippen LogP contribution >= 0.6 is 0 Å². The molecule has 1 aliphatic rings. The van der Waals surface area contributed by atoms with Crippen molar-refractivity contribution >= 4 is 0 Å². The van der Waals surface area contributed by atoms with Crippen LogP contribution in [0, 0.1) is 5.92 Å². The molecule has 0 heteroatoms. The topological polar surface area (TPSA) is 0 Å². The summed E-state index contributed by atoms with van der Waals surface area (Å²) in [5.74, 6) is 0.991. The highest BCUT2D eigenvalue weighted by molar-refractivity contribution is 4.56. The van der Waals surface area contributed by atoms with Crippen LogP contribution in [-0.2, 0) is 0 Å². The fraction of sp³-hybridized carbons (Fsp3) is 1.00. The Bertz CT molecular complexity index is 123. The molecule has 1 fully saturated rings. The van der Waals surface area contributed by atoms with Crippen molar-refractivity contribution in [3.63, 3.8) is 0 Å². The van der Waals surface area contributed by atoms with Gasteiger partial charge in [-0.05, 0) is 5.92 Å². The zero-order valence-corrected chi connectivity index (χ0v) is 11.5. The summed E-state index contributed by atoms with van der Waals surface area (Å²) in [6.07, 6.45) is 20.9. The third kappa shape index (κ3) is 8.19. The second-order valence-electron chi connectivity index (χ2n) is 5.93. The highest BCUT2D eigenvalue weighted by Crippen LogP contribution is 2.19. The molecule has 0 nitrogen and oxygen atoms in total. The molecule has 0 N–H and O–H groups in total. The highest BCUT2D eigenvalue weighted by atomic mass is 14.1. The average molecular weight is 224 g/mol. The van der Waals surface area contributed by atoms with E-state index < -0.39 is 0 Å². The van der Waals surface area contributed by atoms with Crippen LogP contribution in [0.5, 0.6) is 0 Å². The third-order valence-electron chi connectivity index (χ3n) is 4.14. The minimum atomic E-state index is 0.991. The lowest BCUT2D eigenvalue weighted by atomic mass is 9.96. The van der Waals surface area contributed by atoms with Gasteiger partial charge in [-0.1, -0.05) is 96.8 Å². The van der Waals surface area contributed by atoms with Crippen LogP contribution in [0.3, 0.4) is 0 Å². The quantitative estimate of drug-likeness (QED) is 0.466. The van der Waals surface area contributed by atoms with E-state index in [-0.39, 0.29) is 0 Å². The zero-order chi connectivity index (χ0) is 11.5. The van der Waals surface area contributed by atoms with E-state index in [1.165, 1.54) is 89.9 Å². The monoisotopic (exact) mass is 224 g/mol.